The number of pyridine rings is 1. The van der Waals surface area contributed by atoms with Crippen LogP contribution < -0.4 is 4.90 Å². The average molecular weight is 329 g/mol. The number of benzene rings is 1. The van der Waals surface area contributed by atoms with E-state index in [0.29, 0.717) is 30.8 Å². The van der Waals surface area contributed by atoms with E-state index in [1.165, 1.54) is 0 Å². The molecule has 1 atom stereocenters. The molecular weight excluding hydrogens is 306 g/mol. The van der Waals surface area contributed by atoms with Gasteiger partial charge >= 0.3 is 0 Å². The lowest BCUT2D eigenvalue weighted by Gasteiger charge is -2.38. The SMILES string of the molecule is CN(C)c1cc(C(=O)N2CCCC(O)(CO)C2)c2ccccc2n1. The molecule has 24 heavy (non-hydrogen) atoms. The van der Waals surface area contributed by atoms with Crippen molar-refractivity contribution < 1.29 is 15.0 Å². The fourth-order valence-corrected chi connectivity index (χ4v) is 3.15. The summed E-state index contributed by atoms with van der Waals surface area (Å²) in [4.78, 5) is 21.1. The van der Waals surface area contributed by atoms with E-state index >= 15 is 0 Å². The highest BCUT2D eigenvalue weighted by atomic mass is 16.3. The van der Waals surface area contributed by atoms with Crippen LogP contribution in [0.15, 0.2) is 30.3 Å². The minimum absolute atomic E-state index is 0.136. The van der Waals surface area contributed by atoms with Gasteiger partial charge in [-0.2, -0.15) is 0 Å². The second-order valence-electron chi connectivity index (χ2n) is 6.65. The van der Waals surface area contributed by atoms with Gasteiger partial charge in [-0.05, 0) is 25.0 Å². The first-order chi connectivity index (χ1) is 11.4. The molecule has 0 saturated carbocycles. The predicted octanol–water partition coefficient (Wildman–Crippen LogP) is 1.26. The zero-order valence-electron chi connectivity index (χ0n) is 14.1. The maximum absolute atomic E-state index is 13.1. The van der Waals surface area contributed by atoms with Crippen LogP contribution in [-0.2, 0) is 0 Å². The number of hydrogen-bond acceptors (Lipinski definition) is 5. The number of amides is 1. The number of nitrogens with zero attached hydrogens (tertiary/aromatic N) is 3. The van der Waals surface area contributed by atoms with Crippen molar-refractivity contribution >= 4 is 22.6 Å². The van der Waals surface area contributed by atoms with Crippen molar-refractivity contribution in [2.24, 2.45) is 0 Å². The second kappa shape index (κ2) is 6.37. The summed E-state index contributed by atoms with van der Waals surface area (Å²) in [7, 11) is 3.77. The zero-order chi connectivity index (χ0) is 17.3. The molecule has 2 aromatic rings. The Bertz CT molecular complexity index is 762. The molecule has 2 N–H and O–H groups in total. The van der Waals surface area contributed by atoms with E-state index in [2.05, 4.69) is 4.98 Å². The minimum atomic E-state index is -1.21. The van der Waals surface area contributed by atoms with Gasteiger partial charge in [0.25, 0.3) is 5.91 Å². The van der Waals surface area contributed by atoms with E-state index in [4.69, 9.17) is 0 Å². The van der Waals surface area contributed by atoms with E-state index in [1.54, 1.807) is 11.0 Å². The summed E-state index contributed by atoms with van der Waals surface area (Å²) >= 11 is 0. The third-order valence-electron chi connectivity index (χ3n) is 4.53. The topological polar surface area (TPSA) is 76.9 Å². The molecule has 1 aromatic carbocycles. The van der Waals surface area contributed by atoms with Crippen molar-refractivity contribution in [2.45, 2.75) is 18.4 Å². The van der Waals surface area contributed by atoms with Crippen LogP contribution in [0.5, 0.6) is 0 Å². The number of aliphatic hydroxyl groups excluding tert-OH is 1. The third kappa shape index (κ3) is 3.07. The van der Waals surface area contributed by atoms with E-state index in [1.807, 2.05) is 43.3 Å². The van der Waals surface area contributed by atoms with Crippen LogP contribution in [0.2, 0.25) is 0 Å². The highest BCUT2D eigenvalue weighted by Crippen LogP contribution is 2.27. The Hall–Kier alpha value is -2.18. The van der Waals surface area contributed by atoms with Crippen molar-refractivity contribution in [3.63, 3.8) is 0 Å². The Morgan fingerprint density at radius 3 is 2.83 bits per heavy atom. The van der Waals surface area contributed by atoms with E-state index in [0.717, 1.165) is 10.9 Å². The number of fused-ring (bicyclic) bond motifs is 1. The summed E-state index contributed by atoms with van der Waals surface area (Å²) in [6.07, 6.45) is 1.18. The molecule has 6 heteroatoms. The summed E-state index contributed by atoms with van der Waals surface area (Å²) in [6.45, 7) is 0.391. The van der Waals surface area contributed by atoms with Crippen LogP contribution in [0.3, 0.4) is 0 Å². The molecule has 1 unspecified atom stereocenters. The average Bonchev–Trinajstić information content (AvgIpc) is 2.60. The van der Waals surface area contributed by atoms with Crippen LogP contribution in [0, 0.1) is 0 Å². The molecule has 6 nitrogen and oxygen atoms in total. The smallest absolute Gasteiger partial charge is 0.254 e. The number of aliphatic hydroxyl groups is 2. The van der Waals surface area contributed by atoms with Gasteiger partial charge in [-0.3, -0.25) is 4.79 Å². The normalized spacial score (nSPS) is 21.1. The molecule has 3 rings (SSSR count). The van der Waals surface area contributed by atoms with Gasteiger partial charge in [0.1, 0.15) is 11.4 Å². The third-order valence-corrected chi connectivity index (χ3v) is 4.53. The first kappa shape index (κ1) is 16.7. The van der Waals surface area contributed by atoms with Gasteiger partial charge in [-0.15, -0.1) is 0 Å². The number of aromatic nitrogens is 1. The number of hydrogen-bond donors (Lipinski definition) is 2. The van der Waals surface area contributed by atoms with Crippen LogP contribution in [0.4, 0.5) is 5.82 Å². The van der Waals surface area contributed by atoms with Gasteiger partial charge in [0.05, 0.1) is 24.2 Å². The number of likely N-dealkylation sites (tertiary alicyclic amines) is 1. The van der Waals surface area contributed by atoms with Gasteiger partial charge in [-0.1, -0.05) is 18.2 Å². The van der Waals surface area contributed by atoms with Crippen LogP contribution in [0.1, 0.15) is 23.2 Å². The van der Waals surface area contributed by atoms with Crippen LogP contribution in [0.25, 0.3) is 10.9 Å². The predicted molar refractivity (Wildman–Crippen MR) is 93.2 cm³/mol. The highest BCUT2D eigenvalue weighted by Gasteiger charge is 2.35. The highest BCUT2D eigenvalue weighted by molar-refractivity contribution is 6.07. The molecule has 1 aliphatic heterocycles. The largest absolute Gasteiger partial charge is 0.393 e. The summed E-state index contributed by atoms with van der Waals surface area (Å²) in [5.74, 6) is 0.578. The van der Waals surface area contributed by atoms with E-state index in [-0.39, 0.29) is 19.1 Å². The Morgan fingerprint density at radius 2 is 2.12 bits per heavy atom. The number of anilines is 1. The lowest BCUT2D eigenvalue weighted by Crippen LogP contribution is -2.52. The molecule has 128 valence electrons. The quantitative estimate of drug-likeness (QED) is 0.886. The molecule has 1 saturated heterocycles. The maximum atomic E-state index is 13.1. The summed E-state index contributed by atoms with van der Waals surface area (Å²) in [6, 6.07) is 9.35. The molecule has 1 amide bonds. The van der Waals surface area contributed by atoms with Gasteiger partial charge in [0.15, 0.2) is 0 Å². The van der Waals surface area contributed by atoms with Gasteiger partial charge in [-0.25, -0.2) is 4.98 Å². The number of piperidine rings is 1. The maximum Gasteiger partial charge on any atom is 0.254 e. The molecule has 0 spiro atoms. The number of carbonyl (C=O) groups is 1. The first-order valence-electron chi connectivity index (χ1n) is 8.13. The Kier molecular flexibility index (Phi) is 4.43. The zero-order valence-corrected chi connectivity index (χ0v) is 14.1. The van der Waals surface area contributed by atoms with Gasteiger partial charge in [0.2, 0.25) is 0 Å². The molecule has 1 aliphatic rings. The van der Waals surface area contributed by atoms with Crippen molar-refractivity contribution in [3.05, 3.63) is 35.9 Å². The summed E-state index contributed by atoms with van der Waals surface area (Å²) < 4.78 is 0. The lowest BCUT2D eigenvalue weighted by atomic mass is 9.93. The summed E-state index contributed by atoms with van der Waals surface area (Å²) in [5.41, 5.74) is 0.133. The lowest BCUT2D eigenvalue weighted by molar-refractivity contribution is -0.0598. The number of para-hydroxylation sites is 1. The van der Waals surface area contributed by atoms with Crippen molar-refractivity contribution in [2.75, 3.05) is 38.7 Å². The molecule has 2 heterocycles. The molecule has 0 radical (unpaired) electrons. The van der Waals surface area contributed by atoms with Crippen molar-refractivity contribution in [1.82, 2.24) is 9.88 Å². The Labute approximate surface area is 141 Å². The number of β-amino-alcohol motifs (C(OH)–C–C–N with tert-alkyl or cyclic N) is 1. The van der Waals surface area contributed by atoms with Crippen molar-refractivity contribution in [3.8, 4) is 0 Å². The minimum Gasteiger partial charge on any atom is -0.393 e. The molecule has 0 bridgehead atoms. The molecule has 1 fully saturated rings. The molecule has 1 aromatic heterocycles. The Morgan fingerprint density at radius 1 is 1.38 bits per heavy atom. The fraction of sp³-hybridized carbons (Fsp3) is 0.444. The fourth-order valence-electron chi connectivity index (χ4n) is 3.15. The molecular formula is C18H23N3O3. The number of rotatable bonds is 3. The van der Waals surface area contributed by atoms with E-state index < -0.39 is 5.60 Å². The van der Waals surface area contributed by atoms with E-state index in [9.17, 15) is 15.0 Å². The monoisotopic (exact) mass is 329 g/mol. The molecule has 0 aliphatic carbocycles. The summed E-state index contributed by atoms with van der Waals surface area (Å²) in [5, 5.41) is 20.5. The first-order valence-corrected chi connectivity index (χ1v) is 8.13. The van der Waals surface area contributed by atoms with Crippen molar-refractivity contribution in [1.29, 1.82) is 0 Å². The Balaban J connectivity index is 2.03. The van der Waals surface area contributed by atoms with Gasteiger partial charge in [0, 0.05) is 26.0 Å². The second-order valence-corrected chi connectivity index (χ2v) is 6.65. The van der Waals surface area contributed by atoms with Crippen LogP contribution >= 0.6 is 0 Å². The number of carbonyl (C=O) groups excluding carboxylic acids is 1. The standard InChI is InChI=1S/C18H23N3O3/c1-20(2)16-10-14(13-6-3-4-7-15(13)19-16)17(23)21-9-5-8-18(24,11-21)12-22/h3-4,6-7,10,22,24H,5,8-9,11-12H2,1-2H3. The van der Waals surface area contributed by atoms with Crippen LogP contribution in [-0.4, -0.2) is 65.4 Å². The van der Waals surface area contributed by atoms with Gasteiger partial charge < -0.3 is 20.0 Å².